The maximum absolute atomic E-state index is 10.6. The average molecular weight is 268 g/mol. The molecule has 0 spiro atoms. The molecule has 1 saturated heterocycles. The van der Waals surface area contributed by atoms with Gasteiger partial charge in [-0.2, -0.15) is 0 Å². The molecule has 1 aliphatic carbocycles. The highest BCUT2D eigenvalue weighted by Crippen LogP contribution is 2.40. The Morgan fingerprint density at radius 2 is 2.22 bits per heavy atom. The van der Waals surface area contributed by atoms with Crippen LogP contribution in [0.4, 0.5) is 5.82 Å². The first-order valence-electron chi connectivity index (χ1n) is 6.62. The van der Waals surface area contributed by atoms with Crippen molar-refractivity contribution in [2.45, 2.75) is 37.7 Å². The summed E-state index contributed by atoms with van der Waals surface area (Å²) in [6.07, 6.45) is 6.79. The highest BCUT2D eigenvalue weighted by atomic mass is 35.5. The Labute approximate surface area is 112 Å². The molecule has 0 bridgehead atoms. The number of hydrogen-bond acceptors (Lipinski definition) is 4. The van der Waals surface area contributed by atoms with Gasteiger partial charge in [-0.3, -0.25) is 0 Å². The lowest BCUT2D eigenvalue weighted by Crippen LogP contribution is -2.53. The molecule has 0 radical (unpaired) electrons. The van der Waals surface area contributed by atoms with Gasteiger partial charge in [-0.05, 0) is 19.3 Å². The maximum atomic E-state index is 10.6. The molecule has 1 aromatic rings. The minimum atomic E-state index is -0.439. The number of fused-ring (bicyclic) bond motifs is 1. The number of rotatable bonds is 1. The molecule has 4 nitrogen and oxygen atoms in total. The van der Waals surface area contributed by atoms with E-state index in [4.69, 9.17) is 11.6 Å². The van der Waals surface area contributed by atoms with Gasteiger partial charge in [0, 0.05) is 25.1 Å². The number of aromatic nitrogens is 2. The summed E-state index contributed by atoms with van der Waals surface area (Å²) in [7, 11) is 0. The van der Waals surface area contributed by atoms with E-state index in [1.54, 1.807) is 6.07 Å². The van der Waals surface area contributed by atoms with Gasteiger partial charge >= 0.3 is 0 Å². The highest BCUT2D eigenvalue weighted by molar-refractivity contribution is 6.29. The van der Waals surface area contributed by atoms with Crippen molar-refractivity contribution in [3.05, 3.63) is 17.5 Å². The first kappa shape index (κ1) is 12.2. The van der Waals surface area contributed by atoms with Crippen molar-refractivity contribution in [2.24, 2.45) is 5.92 Å². The van der Waals surface area contributed by atoms with Crippen LogP contribution in [0.2, 0.25) is 5.15 Å². The number of halogens is 1. The van der Waals surface area contributed by atoms with Gasteiger partial charge in [-0.15, -0.1) is 0 Å². The summed E-state index contributed by atoms with van der Waals surface area (Å²) in [6.45, 7) is 1.73. The van der Waals surface area contributed by atoms with Crippen molar-refractivity contribution in [1.29, 1.82) is 0 Å². The minimum Gasteiger partial charge on any atom is -0.389 e. The van der Waals surface area contributed by atoms with Crippen molar-refractivity contribution < 1.29 is 5.11 Å². The quantitative estimate of drug-likeness (QED) is 0.793. The topological polar surface area (TPSA) is 49.2 Å². The van der Waals surface area contributed by atoms with E-state index >= 15 is 0 Å². The lowest BCUT2D eigenvalue weighted by atomic mass is 9.71. The third kappa shape index (κ3) is 2.19. The van der Waals surface area contributed by atoms with Gasteiger partial charge in [0.1, 0.15) is 17.3 Å². The van der Waals surface area contributed by atoms with Crippen LogP contribution in [-0.2, 0) is 0 Å². The van der Waals surface area contributed by atoms with Gasteiger partial charge in [0.25, 0.3) is 0 Å². The third-order valence-electron chi connectivity index (χ3n) is 4.37. The average Bonchev–Trinajstić information content (AvgIpc) is 2.37. The van der Waals surface area contributed by atoms with E-state index in [1.807, 2.05) is 0 Å². The van der Waals surface area contributed by atoms with E-state index < -0.39 is 5.60 Å². The molecule has 18 heavy (non-hydrogen) atoms. The van der Waals surface area contributed by atoms with Crippen molar-refractivity contribution >= 4 is 17.4 Å². The fourth-order valence-electron chi connectivity index (χ4n) is 3.28. The molecule has 2 atom stereocenters. The fraction of sp³-hybridized carbons (Fsp3) is 0.692. The number of nitrogens with zero attached hydrogens (tertiary/aromatic N) is 3. The van der Waals surface area contributed by atoms with Crippen molar-refractivity contribution in [3.63, 3.8) is 0 Å². The molecule has 1 aliphatic heterocycles. The van der Waals surface area contributed by atoms with Crippen molar-refractivity contribution in [1.82, 2.24) is 9.97 Å². The van der Waals surface area contributed by atoms with Crippen molar-refractivity contribution in [3.8, 4) is 0 Å². The first-order chi connectivity index (χ1) is 8.67. The number of anilines is 1. The smallest absolute Gasteiger partial charge is 0.134 e. The first-order valence-corrected chi connectivity index (χ1v) is 7.00. The summed E-state index contributed by atoms with van der Waals surface area (Å²) in [5.74, 6) is 1.25. The van der Waals surface area contributed by atoms with Gasteiger partial charge < -0.3 is 10.0 Å². The summed E-state index contributed by atoms with van der Waals surface area (Å²) in [5, 5.41) is 11.1. The Morgan fingerprint density at radius 1 is 1.33 bits per heavy atom. The molecule has 2 aliphatic rings. The molecular formula is C13H18ClN3O. The Morgan fingerprint density at radius 3 is 3.06 bits per heavy atom. The van der Waals surface area contributed by atoms with Crippen molar-refractivity contribution in [2.75, 3.05) is 18.0 Å². The zero-order valence-electron chi connectivity index (χ0n) is 10.3. The highest BCUT2D eigenvalue weighted by Gasteiger charge is 2.42. The van der Waals surface area contributed by atoms with E-state index in [0.717, 1.165) is 44.6 Å². The Kier molecular flexibility index (Phi) is 3.16. The summed E-state index contributed by atoms with van der Waals surface area (Å²) in [5.41, 5.74) is -0.439. The van der Waals surface area contributed by atoms with Gasteiger partial charge in [0.05, 0.1) is 5.60 Å². The van der Waals surface area contributed by atoms with E-state index in [0.29, 0.717) is 11.1 Å². The fourth-order valence-corrected chi connectivity index (χ4v) is 3.42. The largest absolute Gasteiger partial charge is 0.389 e. The van der Waals surface area contributed by atoms with Crippen LogP contribution in [0.5, 0.6) is 0 Å². The van der Waals surface area contributed by atoms with Gasteiger partial charge in [-0.1, -0.05) is 24.4 Å². The molecule has 2 heterocycles. The molecule has 2 fully saturated rings. The molecule has 98 valence electrons. The van der Waals surface area contributed by atoms with Crippen LogP contribution in [0, 0.1) is 5.92 Å². The van der Waals surface area contributed by atoms with Gasteiger partial charge in [-0.25, -0.2) is 9.97 Å². The minimum absolute atomic E-state index is 0.369. The monoisotopic (exact) mass is 267 g/mol. The third-order valence-corrected chi connectivity index (χ3v) is 4.58. The molecule has 3 rings (SSSR count). The van der Waals surface area contributed by atoms with E-state index in [9.17, 15) is 5.11 Å². The second-order valence-electron chi connectivity index (χ2n) is 5.44. The zero-order chi connectivity index (χ0) is 12.6. The van der Waals surface area contributed by atoms with Crippen LogP contribution >= 0.6 is 11.6 Å². The van der Waals surface area contributed by atoms with E-state index in [1.165, 1.54) is 12.7 Å². The second-order valence-corrected chi connectivity index (χ2v) is 5.83. The molecule has 5 heteroatoms. The Balaban J connectivity index is 1.77. The van der Waals surface area contributed by atoms with Crippen LogP contribution in [0.3, 0.4) is 0 Å². The molecule has 0 aromatic carbocycles. The van der Waals surface area contributed by atoms with Crippen LogP contribution < -0.4 is 4.90 Å². The number of aliphatic hydroxyl groups is 1. The lowest BCUT2D eigenvalue weighted by molar-refractivity contribution is -0.0613. The molecule has 0 amide bonds. The standard InChI is InChI=1S/C13H18ClN3O/c14-11-7-12(16-9-15-11)17-6-5-13(18)4-2-1-3-10(13)8-17/h7,9-10,18H,1-6,8H2. The molecule has 2 unspecified atom stereocenters. The molecular weight excluding hydrogens is 250 g/mol. The SMILES string of the molecule is OC12CCCCC1CN(c1cc(Cl)ncn1)CC2. The van der Waals surface area contributed by atoms with Crippen LogP contribution in [0.15, 0.2) is 12.4 Å². The predicted octanol–water partition coefficient (Wildman–Crippen LogP) is 2.26. The lowest BCUT2D eigenvalue weighted by Gasteiger charge is -2.47. The summed E-state index contributed by atoms with van der Waals surface area (Å²) in [4.78, 5) is 10.4. The second kappa shape index (κ2) is 4.67. The predicted molar refractivity (Wildman–Crippen MR) is 70.8 cm³/mol. The van der Waals surface area contributed by atoms with E-state index in [2.05, 4.69) is 14.9 Å². The Bertz CT molecular complexity index is 442. The van der Waals surface area contributed by atoms with Crippen LogP contribution in [0.25, 0.3) is 0 Å². The zero-order valence-corrected chi connectivity index (χ0v) is 11.1. The molecule has 1 N–H and O–H groups in total. The number of piperidine rings is 1. The van der Waals surface area contributed by atoms with E-state index in [-0.39, 0.29) is 0 Å². The summed E-state index contributed by atoms with van der Waals surface area (Å²) < 4.78 is 0. The molecule has 1 saturated carbocycles. The van der Waals surface area contributed by atoms with Gasteiger partial charge in [0.2, 0.25) is 0 Å². The normalized spacial score (nSPS) is 32.1. The van der Waals surface area contributed by atoms with Crippen LogP contribution in [0.1, 0.15) is 32.1 Å². The molecule has 1 aromatic heterocycles. The summed E-state index contributed by atoms with van der Waals surface area (Å²) in [6, 6.07) is 1.80. The number of hydrogen-bond donors (Lipinski definition) is 1. The summed E-state index contributed by atoms with van der Waals surface area (Å²) >= 11 is 5.90. The van der Waals surface area contributed by atoms with Crippen LogP contribution in [-0.4, -0.2) is 33.8 Å². The Hall–Kier alpha value is -0.870. The van der Waals surface area contributed by atoms with Gasteiger partial charge in [0.15, 0.2) is 0 Å². The maximum Gasteiger partial charge on any atom is 0.134 e.